The Balaban J connectivity index is 2.08. The maximum Gasteiger partial charge on any atom is 0.0340 e. The fraction of sp³-hybridized carbons (Fsp3) is 0.294. The van der Waals surface area contributed by atoms with Crippen LogP contribution in [0.25, 0.3) is 0 Å². The molecule has 0 saturated heterocycles. The van der Waals surface area contributed by atoms with Gasteiger partial charge in [0.2, 0.25) is 0 Å². The SMILES string of the molecule is CCNc1ccc(Cc2cccc(CC)c2)cc1. The number of hydrogen-bond acceptors (Lipinski definition) is 1. The lowest BCUT2D eigenvalue weighted by Crippen LogP contribution is -1.96. The van der Waals surface area contributed by atoms with E-state index in [1.54, 1.807) is 0 Å². The van der Waals surface area contributed by atoms with E-state index in [-0.39, 0.29) is 0 Å². The first-order valence-corrected chi connectivity index (χ1v) is 6.72. The molecule has 0 bridgehead atoms. The van der Waals surface area contributed by atoms with Crippen LogP contribution in [-0.2, 0) is 12.8 Å². The van der Waals surface area contributed by atoms with Gasteiger partial charge in [-0.1, -0.05) is 43.3 Å². The lowest BCUT2D eigenvalue weighted by atomic mass is 10.0. The molecule has 94 valence electrons. The Morgan fingerprint density at radius 2 is 1.56 bits per heavy atom. The van der Waals surface area contributed by atoms with Gasteiger partial charge < -0.3 is 5.32 Å². The van der Waals surface area contributed by atoms with E-state index >= 15 is 0 Å². The first kappa shape index (κ1) is 12.7. The number of nitrogens with one attached hydrogen (secondary N) is 1. The van der Waals surface area contributed by atoms with Crippen LogP contribution >= 0.6 is 0 Å². The molecule has 2 rings (SSSR count). The predicted octanol–water partition coefficient (Wildman–Crippen LogP) is 4.27. The zero-order valence-electron chi connectivity index (χ0n) is 11.2. The van der Waals surface area contributed by atoms with Crippen LogP contribution in [-0.4, -0.2) is 6.54 Å². The number of aryl methyl sites for hydroxylation is 1. The summed E-state index contributed by atoms with van der Waals surface area (Å²) in [5.74, 6) is 0. The Labute approximate surface area is 110 Å². The molecule has 0 aliphatic rings. The summed E-state index contributed by atoms with van der Waals surface area (Å²) in [6.07, 6.45) is 2.12. The van der Waals surface area contributed by atoms with Crippen molar-refractivity contribution in [3.05, 3.63) is 65.2 Å². The molecule has 2 aromatic carbocycles. The molecule has 0 spiro atoms. The summed E-state index contributed by atoms with van der Waals surface area (Å²) in [4.78, 5) is 0. The smallest absolute Gasteiger partial charge is 0.0340 e. The summed E-state index contributed by atoms with van der Waals surface area (Å²) in [6, 6.07) is 17.6. The van der Waals surface area contributed by atoms with Crippen LogP contribution in [0.4, 0.5) is 5.69 Å². The summed E-state index contributed by atoms with van der Waals surface area (Å²) in [5.41, 5.74) is 5.37. The Kier molecular flexibility index (Phi) is 4.40. The minimum Gasteiger partial charge on any atom is -0.385 e. The Morgan fingerprint density at radius 3 is 2.22 bits per heavy atom. The molecule has 0 aliphatic heterocycles. The van der Waals surface area contributed by atoms with E-state index in [4.69, 9.17) is 0 Å². The van der Waals surface area contributed by atoms with E-state index in [2.05, 4.69) is 67.7 Å². The second-order valence-electron chi connectivity index (χ2n) is 4.58. The van der Waals surface area contributed by atoms with Gasteiger partial charge in [0.15, 0.2) is 0 Å². The first-order valence-electron chi connectivity index (χ1n) is 6.72. The molecular formula is C17H21N. The summed E-state index contributed by atoms with van der Waals surface area (Å²) in [7, 11) is 0. The zero-order chi connectivity index (χ0) is 12.8. The van der Waals surface area contributed by atoms with Gasteiger partial charge in [0.25, 0.3) is 0 Å². The third-order valence-electron chi connectivity index (χ3n) is 3.14. The van der Waals surface area contributed by atoms with Gasteiger partial charge in [-0.15, -0.1) is 0 Å². The third kappa shape index (κ3) is 3.36. The fourth-order valence-electron chi connectivity index (χ4n) is 2.14. The number of benzene rings is 2. The zero-order valence-corrected chi connectivity index (χ0v) is 11.2. The number of rotatable bonds is 5. The summed E-state index contributed by atoms with van der Waals surface area (Å²) in [5, 5.41) is 3.32. The van der Waals surface area contributed by atoms with Crippen molar-refractivity contribution < 1.29 is 0 Å². The van der Waals surface area contributed by atoms with Crippen LogP contribution < -0.4 is 5.32 Å². The predicted molar refractivity (Wildman–Crippen MR) is 79.2 cm³/mol. The van der Waals surface area contributed by atoms with Crippen molar-refractivity contribution in [2.75, 3.05) is 11.9 Å². The summed E-state index contributed by atoms with van der Waals surface area (Å²) >= 11 is 0. The topological polar surface area (TPSA) is 12.0 Å². The lowest BCUT2D eigenvalue weighted by molar-refractivity contribution is 1.11. The molecule has 0 heterocycles. The highest BCUT2D eigenvalue weighted by Gasteiger charge is 1.98. The van der Waals surface area contributed by atoms with Gasteiger partial charge in [0, 0.05) is 12.2 Å². The minimum absolute atomic E-state index is 0.970. The highest BCUT2D eigenvalue weighted by molar-refractivity contribution is 5.45. The molecule has 0 saturated carbocycles. The van der Waals surface area contributed by atoms with Crippen molar-refractivity contribution in [2.24, 2.45) is 0 Å². The van der Waals surface area contributed by atoms with Crippen LogP contribution in [0, 0.1) is 0 Å². The second-order valence-corrected chi connectivity index (χ2v) is 4.58. The Hall–Kier alpha value is -1.76. The average Bonchev–Trinajstić information content (AvgIpc) is 2.42. The number of anilines is 1. The van der Waals surface area contributed by atoms with E-state index in [9.17, 15) is 0 Å². The van der Waals surface area contributed by atoms with Crippen LogP contribution in [0.3, 0.4) is 0 Å². The molecule has 18 heavy (non-hydrogen) atoms. The summed E-state index contributed by atoms with van der Waals surface area (Å²) < 4.78 is 0. The van der Waals surface area contributed by atoms with Crippen molar-refractivity contribution in [1.82, 2.24) is 0 Å². The molecular weight excluding hydrogens is 218 g/mol. The first-order chi connectivity index (χ1) is 8.81. The molecule has 0 radical (unpaired) electrons. The second kappa shape index (κ2) is 6.25. The average molecular weight is 239 g/mol. The van der Waals surface area contributed by atoms with E-state index < -0.39 is 0 Å². The van der Waals surface area contributed by atoms with Crippen molar-refractivity contribution in [2.45, 2.75) is 26.7 Å². The van der Waals surface area contributed by atoms with Gasteiger partial charge in [0.05, 0.1) is 0 Å². The van der Waals surface area contributed by atoms with Crippen molar-refractivity contribution in [3.8, 4) is 0 Å². The number of hydrogen-bond donors (Lipinski definition) is 1. The molecule has 0 atom stereocenters. The minimum atomic E-state index is 0.970. The quantitative estimate of drug-likeness (QED) is 0.821. The van der Waals surface area contributed by atoms with Crippen LogP contribution in [0.15, 0.2) is 48.5 Å². The van der Waals surface area contributed by atoms with Gasteiger partial charge in [0.1, 0.15) is 0 Å². The lowest BCUT2D eigenvalue weighted by Gasteiger charge is -2.06. The van der Waals surface area contributed by atoms with Gasteiger partial charge >= 0.3 is 0 Å². The van der Waals surface area contributed by atoms with E-state index in [1.165, 1.54) is 22.4 Å². The van der Waals surface area contributed by atoms with E-state index in [0.717, 1.165) is 19.4 Å². The molecule has 0 unspecified atom stereocenters. The molecule has 2 aromatic rings. The fourth-order valence-corrected chi connectivity index (χ4v) is 2.14. The Morgan fingerprint density at radius 1 is 0.833 bits per heavy atom. The van der Waals surface area contributed by atoms with Gasteiger partial charge in [-0.3, -0.25) is 0 Å². The highest BCUT2D eigenvalue weighted by atomic mass is 14.8. The molecule has 0 aliphatic carbocycles. The molecule has 0 aromatic heterocycles. The van der Waals surface area contributed by atoms with Crippen molar-refractivity contribution >= 4 is 5.69 Å². The summed E-state index contributed by atoms with van der Waals surface area (Å²) in [6.45, 7) is 5.28. The molecule has 1 heteroatoms. The highest BCUT2D eigenvalue weighted by Crippen LogP contribution is 2.14. The largest absolute Gasteiger partial charge is 0.385 e. The molecule has 0 amide bonds. The monoisotopic (exact) mass is 239 g/mol. The maximum atomic E-state index is 3.32. The van der Waals surface area contributed by atoms with Gasteiger partial charge in [-0.05, 0) is 48.6 Å². The van der Waals surface area contributed by atoms with Crippen molar-refractivity contribution in [3.63, 3.8) is 0 Å². The van der Waals surface area contributed by atoms with Crippen LogP contribution in [0.1, 0.15) is 30.5 Å². The van der Waals surface area contributed by atoms with Crippen LogP contribution in [0.2, 0.25) is 0 Å². The third-order valence-corrected chi connectivity index (χ3v) is 3.14. The van der Waals surface area contributed by atoms with Crippen molar-refractivity contribution in [1.29, 1.82) is 0 Å². The van der Waals surface area contributed by atoms with E-state index in [1.807, 2.05) is 0 Å². The molecule has 1 N–H and O–H groups in total. The van der Waals surface area contributed by atoms with E-state index in [0.29, 0.717) is 0 Å². The van der Waals surface area contributed by atoms with Gasteiger partial charge in [-0.25, -0.2) is 0 Å². The molecule has 1 nitrogen and oxygen atoms in total. The normalized spacial score (nSPS) is 10.3. The maximum absolute atomic E-state index is 3.32. The van der Waals surface area contributed by atoms with Crippen LogP contribution in [0.5, 0.6) is 0 Å². The Bertz CT molecular complexity index is 485. The standard InChI is InChI=1S/C17H21N/c1-3-14-6-5-7-16(12-14)13-15-8-10-17(11-9-15)18-4-2/h5-12,18H,3-4,13H2,1-2H3. The molecule has 0 fully saturated rings. The van der Waals surface area contributed by atoms with Gasteiger partial charge in [-0.2, -0.15) is 0 Å².